The topological polar surface area (TPSA) is 93.3 Å². The third-order valence-corrected chi connectivity index (χ3v) is 5.96. The summed E-state index contributed by atoms with van der Waals surface area (Å²) in [7, 11) is 1.89. The maximum atomic E-state index is 15.0. The lowest BCUT2D eigenvalue weighted by Crippen LogP contribution is -2.38. The Morgan fingerprint density at radius 3 is 2.97 bits per heavy atom. The first-order chi connectivity index (χ1) is 14.6. The van der Waals surface area contributed by atoms with Gasteiger partial charge >= 0.3 is 6.09 Å². The molecule has 5 heterocycles. The Labute approximate surface area is 170 Å². The molecule has 3 aromatic rings. The van der Waals surface area contributed by atoms with Gasteiger partial charge in [0, 0.05) is 31.4 Å². The molecule has 30 heavy (non-hydrogen) atoms. The van der Waals surface area contributed by atoms with Gasteiger partial charge in [-0.25, -0.2) is 9.18 Å². The lowest BCUT2D eigenvalue weighted by Gasteiger charge is -2.20. The SMILES string of the molecule is Cn1cc2c(n1)CN(c1cc3c(cc1F)N1C(=O)O[C@@H](CNn4ccnn4)C1C3)C2. The smallest absolute Gasteiger partial charge is 0.415 e. The number of fused-ring (bicyclic) bond motifs is 4. The number of hydrogen-bond acceptors (Lipinski definition) is 7. The average Bonchev–Trinajstić information content (AvgIpc) is 3.48. The lowest BCUT2D eigenvalue weighted by molar-refractivity contribution is 0.136. The molecule has 1 unspecified atom stereocenters. The molecule has 2 aromatic heterocycles. The van der Waals surface area contributed by atoms with E-state index in [0.29, 0.717) is 37.4 Å². The highest BCUT2D eigenvalue weighted by Gasteiger charge is 2.48. The predicted molar refractivity (Wildman–Crippen MR) is 104 cm³/mol. The van der Waals surface area contributed by atoms with Crippen LogP contribution in [0.4, 0.5) is 20.6 Å². The second kappa shape index (κ2) is 6.18. The number of benzene rings is 1. The maximum Gasteiger partial charge on any atom is 0.415 e. The number of rotatable bonds is 4. The van der Waals surface area contributed by atoms with Crippen LogP contribution in [0.3, 0.4) is 0 Å². The van der Waals surface area contributed by atoms with Gasteiger partial charge in [-0.1, -0.05) is 0 Å². The van der Waals surface area contributed by atoms with Gasteiger partial charge in [-0.3, -0.25) is 9.58 Å². The highest BCUT2D eigenvalue weighted by atomic mass is 19.1. The molecule has 0 radical (unpaired) electrons. The van der Waals surface area contributed by atoms with Crippen molar-refractivity contribution in [2.24, 2.45) is 7.05 Å². The molecule has 1 N–H and O–H groups in total. The fourth-order valence-electron chi connectivity index (χ4n) is 4.63. The van der Waals surface area contributed by atoms with Crippen LogP contribution in [0.2, 0.25) is 0 Å². The van der Waals surface area contributed by atoms with E-state index in [1.54, 1.807) is 22.0 Å². The summed E-state index contributed by atoms with van der Waals surface area (Å²) in [5, 5.41) is 12.0. The summed E-state index contributed by atoms with van der Waals surface area (Å²) in [6.07, 6.45) is 4.98. The standard InChI is InChI=1S/C19H19FN8O2/c1-25-8-12-9-26(10-14(12)23-25)16-4-11-5-17-18(7-22-27-3-2-21-24-27)30-19(29)28(17)15(11)6-13(16)20/h2-4,6,8,17-18,22H,5,7,9-10H2,1H3/t17?,18-/m0/s1. The number of aryl methyl sites for hydroxylation is 1. The molecule has 154 valence electrons. The molecule has 3 aliphatic heterocycles. The molecule has 0 spiro atoms. The van der Waals surface area contributed by atoms with Crippen molar-refractivity contribution in [2.45, 2.75) is 31.7 Å². The highest BCUT2D eigenvalue weighted by Crippen LogP contribution is 2.42. The fourth-order valence-corrected chi connectivity index (χ4v) is 4.63. The van der Waals surface area contributed by atoms with Crippen LogP contribution in [0.15, 0.2) is 30.7 Å². The van der Waals surface area contributed by atoms with Crippen molar-refractivity contribution < 1.29 is 13.9 Å². The molecule has 0 aliphatic carbocycles. The zero-order valence-corrected chi connectivity index (χ0v) is 16.2. The fraction of sp³-hybridized carbons (Fsp3) is 0.368. The average molecular weight is 410 g/mol. The number of halogens is 1. The first kappa shape index (κ1) is 17.2. The van der Waals surface area contributed by atoms with Crippen molar-refractivity contribution in [1.29, 1.82) is 0 Å². The van der Waals surface area contributed by atoms with E-state index in [1.165, 1.54) is 10.9 Å². The van der Waals surface area contributed by atoms with E-state index >= 15 is 4.39 Å². The number of amides is 1. The Hall–Kier alpha value is -3.63. The Morgan fingerprint density at radius 2 is 2.17 bits per heavy atom. The van der Waals surface area contributed by atoms with Crippen LogP contribution in [0.1, 0.15) is 16.8 Å². The number of aromatic nitrogens is 5. The van der Waals surface area contributed by atoms with Crippen molar-refractivity contribution in [3.05, 3.63) is 53.4 Å². The van der Waals surface area contributed by atoms with E-state index in [1.807, 2.05) is 24.2 Å². The summed E-state index contributed by atoms with van der Waals surface area (Å²) in [5.41, 5.74) is 7.22. The van der Waals surface area contributed by atoms with Gasteiger partial charge in [0.15, 0.2) is 0 Å². The Kier molecular flexibility index (Phi) is 3.55. The normalized spacial score (nSPS) is 21.6. The van der Waals surface area contributed by atoms with Gasteiger partial charge in [0.25, 0.3) is 0 Å². The quantitative estimate of drug-likeness (QED) is 0.690. The molecule has 10 nitrogen and oxygen atoms in total. The van der Waals surface area contributed by atoms with Crippen LogP contribution >= 0.6 is 0 Å². The van der Waals surface area contributed by atoms with Crippen molar-refractivity contribution in [2.75, 3.05) is 21.8 Å². The molecular weight excluding hydrogens is 391 g/mol. The second-order valence-electron chi connectivity index (χ2n) is 7.84. The van der Waals surface area contributed by atoms with Crippen LogP contribution in [0.5, 0.6) is 0 Å². The summed E-state index contributed by atoms with van der Waals surface area (Å²) >= 11 is 0. The molecule has 2 atom stereocenters. The summed E-state index contributed by atoms with van der Waals surface area (Å²) in [6.45, 7) is 1.58. The molecule has 0 saturated carbocycles. The van der Waals surface area contributed by atoms with Crippen molar-refractivity contribution in [3.8, 4) is 0 Å². The Balaban J connectivity index is 1.24. The minimum absolute atomic E-state index is 0.183. The number of nitrogens with one attached hydrogen (secondary N) is 1. The van der Waals surface area contributed by atoms with E-state index in [9.17, 15) is 4.79 Å². The molecule has 1 fully saturated rings. The van der Waals surface area contributed by atoms with Gasteiger partial charge in [-0.05, 0) is 23.3 Å². The number of carbonyl (C=O) groups is 1. The van der Waals surface area contributed by atoms with Crippen molar-refractivity contribution >= 4 is 17.5 Å². The highest BCUT2D eigenvalue weighted by molar-refractivity contribution is 5.94. The first-order valence-electron chi connectivity index (χ1n) is 9.75. The summed E-state index contributed by atoms with van der Waals surface area (Å²) < 4.78 is 22.3. The lowest BCUT2D eigenvalue weighted by atomic mass is 10.0. The maximum absolute atomic E-state index is 15.0. The molecule has 11 heteroatoms. The van der Waals surface area contributed by atoms with E-state index in [0.717, 1.165) is 16.8 Å². The van der Waals surface area contributed by atoms with Gasteiger partial charge in [-0.2, -0.15) is 9.89 Å². The number of nitrogens with zero attached hydrogens (tertiary/aromatic N) is 7. The minimum atomic E-state index is -0.449. The number of ether oxygens (including phenoxy) is 1. The number of carbonyl (C=O) groups excluding carboxylic acids is 1. The molecule has 1 saturated heterocycles. The number of cyclic esters (lactones) is 1. The third kappa shape index (κ3) is 2.54. The van der Waals surface area contributed by atoms with Crippen LogP contribution in [0, 0.1) is 5.82 Å². The van der Waals surface area contributed by atoms with Gasteiger partial charge in [0.2, 0.25) is 0 Å². The van der Waals surface area contributed by atoms with Gasteiger partial charge in [-0.15, -0.1) is 5.10 Å². The van der Waals surface area contributed by atoms with E-state index in [-0.39, 0.29) is 18.0 Å². The van der Waals surface area contributed by atoms with Crippen LogP contribution in [0.25, 0.3) is 0 Å². The predicted octanol–water partition coefficient (Wildman–Crippen LogP) is 1.16. The molecular formula is C19H19FN8O2. The molecule has 1 amide bonds. The molecule has 6 rings (SSSR count). The van der Waals surface area contributed by atoms with E-state index < -0.39 is 6.09 Å². The molecule has 0 bridgehead atoms. The zero-order valence-electron chi connectivity index (χ0n) is 16.2. The van der Waals surface area contributed by atoms with Crippen LogP contribution < -0.4 is 15.2 Å². The first-order valence-corrected chi connectivity index (χ1v) is 9.75. The number of hydrogen-bond donors (Lipinski definition) is 1. The number of anilines is 2. The Bertz CT molecular complexity index is 1120. The monoisotopic (exact) mass is 410 g/mol. The molecule has 3 aliphatic rings. The van der Waals surface area contributed by atoms with Crippen LogP contribution in [-0.2, 0) is 31.3 Å². The van der Waals surface area contributed by atoms with E-state index in [2.05, 4.69) is 20.8 Å². The Morgan fingerprint density at radius 1 is 1.27 bits per heavy atom. The summed E-state index contributed by atoms with van der Waals surface area (Å²) in [4.78, 5) is 17.5. The largest absolute Gasteiger partial charge is 0.442 e. The van der Waals surface area contributed by atoms with Crippen molar-refractivity contribution in [3.63, 3.8) is 0 Å². The third-order valence-electron chi connectivity index (χ3n) is 5.96. The van der Waals surface area contributed by atoms with E-state index in [4.69, 9.17) is 4.74 Å². The zero-order chi connectivity index (χ0) is 20.4. The molecule has 1 aromatic carbocycles. The minimum Gasteiger partial charge on any atom is -0.442 e. The summed E-state index contributed by atoms with van der Waals surface area (Å²) in [6, 6.07) is 3.14. The van der Waals surface area contributed by atoms with Crippen LogP contribution in [-0.4, -0.2) is 49.7 Å². The summed E-state index contributed by atoms with van der Waals surface area (Å²) in [5.74, 6) is -0.346. The van der Waals surface area contributed by atoms with Gasteiger partial charge in [0.05, 0.1) is 48.6 Å². The van der Waals surface area contributed by atoms with Gasteiger partial charge < -0.3 is 15.1 Å². The van der Waals surface area contributed by atoms with Crippen molar-refractivity contribution in [1.82, 2.24) is 24.9 Å². The second-order valence-corrected chi connectivity index (χ2v) is 7.84. The van der Waals surface area contributed by atoms with Gasteiger partial charge in [0.1, 0.15) is 11.9 Å².